The first kappa shape index (κ1) is 12.2. The minimum atomic E-state index is -0.0893. The van der Waals surface area contributed by atoms with E-state index in [2.05, 4.69) is 20.8 Å². The van der Waals surface area contributed by atoms with Crippen LogP contribution >= 0.6 is 0 Å². The zero-order chi connectivity index (χ0) is 12.8. The topological polar surface area (TPSA) is 31.6 Å². The smallest absolute Gasteiger partial charge is 0.0957 e. The van der Waals surface area contributed by atoms with Gasteiger partial charge in [-0.3, -0.25) is 0 Å². The van der Waals surface area contributed by atoms with Crippen LogP contribution < -0.4 is 0 Å². The first-order valence-electron chi connectivity index (χ1n) is 6.87. The van der Waals surface area contributed by atoms with E-state index in [1.54, 1.807) is 12.5 Å². The number of hydrogen-bond donors (Lipinski definition) is 0. The molecule has 0 N–H and O–H groups in total. The molecule has 2 unspecified atom stereocenters. The van der Waals surface area contributed by atoms with Gasteiger partial charge in [0.05, 0.1) is 36.4 Å². The average molecular weight is 250 g/mol. The van der Waals surface area contributed by atoms with Crippen molar-refractivity contribution in [1.29, 1.82) is 0 Å². The summed E-state index contributed by atoms with van der Waals surface area (Å²) in [4.78, 5) is 0. The molecular weight excluding hydrogens is 228 g/mol. The Hall–Kier alpha value is -0.800. The Labute approximate surface area is 108 Å². The molecule has 3 heterocycles. The van der Waals surface area contributed by atoms with Crippen molar-refractivity contribution in [3.05, 3.63) is 24.2 Å². The number of ether oxygens (including phenoxy) is 2. The van der Waals surface area contributed by atoms with Crippen molar-refractivity contribution in [2.45, 2.75) is 63.9 Å². The van der Waals surface area contributed by atoms with Crippen LogP contribution in [0.3, 0.4) is 0 Å². The van der Waals surface area contributed by atoms with Crippen molar-refractivity contribution in [3.8, 4) is 0 Å². The summed E-state index contributed by atoms with van der Waals surface area (Å²) >= 11 is 0. The van der Waals surface area contributed by atoms with Crippen LogP contribution in [0.2, 0.25) is 0 Å². The summed E-state index contributed by atoms with van der Waals surface area (Å²) in [5, 5.41) is 0. The molecule has 0 saturated carbocycles. The van der Waals surface area contributed by atoms with E-state index in [4.69, 9.17) is 13.9 Å². The fraction of sp³-hybridized carbons (Fsp3) is 0.733. The maximum Gasteiger partial charge on any atom is 0.0957 e. The molecule has 2 fully saturated rings. The molecule has 0 aromatic carbocycles. The number of hydrogen-bond acceptors (Lipinski definition) is 3. The fourth-order valence-electron chi connectivity index (χ4n) is 3.38. The molecule has 1 aromatic rings. The van der Waals surface area contributed by atoms with Gasteiger partial charge in [0.1, 0.15) is 0 Å². The molecule has 2 saturated heterocycles. The highest BCUT2D eigenvalue weighted by Gasteiger charge is 2.60. The van der Waals surface area contributed by atoms with Gasteiger partial charge in [-0.25, -0.2) is 0 Å². The normalized spacial score (nSPS) is 38.8. The summed E-state index contributed by atoms with van der Waals surface area (Å²) in [5.41, 5.74) is 1.06. The Morgan fingerprint density at radius 3 is 2.89 bits per heavy atom. The lowest BCUT2D eigenvalue weighted by Gasteiger charge is -2.31. The first-order valence-corrected chi connectivity index (χ1v) is 6.87. The molecule has 0 aliphatic carbocycles. The molecule has 0 spiro atoms. The van der Waals surface area contributed by atoms with E-state index in [0.717, 1.165) is 18.4 Å². The van der Waals surface area contributed by atoms with E-state index in [1.165, 1.54) is 6.42 Å². The van der Waals surface area contributed by atoms with E-state index in [1.807, 2.05) is 6.07 Å². The van der Waals surface area contributed by atoms with Crippen molar-refractivity contribution in [2.24, 2.45) is 5.92 Å². The van der Waals surface area contributed by atoms with Crippen LogP contribution in [0.15, 0.2) is 23.0 Å². The molecule has 1 aromatic heterocycles. The largest absolute Gasteiger partial charge is 0.472 e. The SMILES string of the molecule is CC(C)C12CCC(C)(O1)[C@H](OCc1ccoc1)C2. The van der Waals surface area contributed by atoms with Crippen molar-refractivity contribution >= 4 is 0 Å². The van der Waals surface area contributed by atoms with Crippen LogP contribution in [-0.2, 0) is 16.1 Å². The first-order chi connectivity index (χ1) is 8.54. The van der Waals surface area contributed by atoms with Gasteiger partial charge in [-0.1, -0.05) is 13.8 Å². The lowest BCUT2D eigenvalue weighted by Crippen LogP contribution is -2.38. The molecule has 18 heavy (non-hydrogen) atoms. The fourth-order valence-corrected chi connectivity index (χ4v) is 3.38. The second kappa shape index (κ2) is 4.10. The third-order valence-electron chi connectivity index (χ3n) is 4.78. The average Bonchev–Trinajstić information content (AvgIpc) is 2.98. The van der Waals surface area contributed by atoms with Gasteiger partial charge in [-0.15, -0.1) is 0 Å². The van der Waals surface area contributed by atoms with E-state index in [0.29, 0.717) is 12.5 Å². The molecule has 0 radical (unpaired) electrons. The second-order valence-corrected chi connectivity index (χ2v) is 6.27. The predicted molar refractivity (Wildman–Crippen MR) is 68.2 cm³/mol. The summed E-state index contributed by atoms with van der Waals surface area (Å²) in [6.07, 6.45) is 6.96. The van der Waals surface area contributed by atoms with Crippen molar-refractivity contribution < 1.29 is 13.9 Å². The van der Waals surface area contributed by atoms with Gasteiger partial charge in [0.25, 0.3) is 0 Å². The van der Waals surface area contributed by atoms with Crippen LogP contribution in [0.25, 0.3) is 0 Å². The molecule has 3 rings (SSSR count). The lowest BCUT2D eigenvalue weighted by atomic mass is 9.75. The van der Waals surface area contributed by atoms with Gasteiger partial charge in [0.15, 0.2) is 0 Å². The van der Waals surface area contributed by atoms with Crippen molar-refractivity contribution in [3.63, 3.8) is 0 Å². The summed E-state index contributed by atoms with van der Waals surface area (Å²) in [6.45, 7) is 7.33. The van der Waals surface area contributed by atoms with Gasteiger partial charge in [-0.05, 0) is 31.7 Å². The maximum absolute atomic E-state index is 6.34. The van der Waals surface area contributed by atoms with Crippen LogP contribution in [0.5, 0.6) is 0 Å². The molecule has 0 amide bonds. The molecule has 2 aliphatic heterocycles. The zero-order valence-corrected chi connectivity index (χ0v) is 11.4. The van der Waals surface area contributed by atoms with Gasteiger partial charge in [0, 0.05) is 12.0 Å². The zero-order valence-electron chi connectivity index (χ0n) is 11.4. The Morgan fingerprint density at radius 1 is 1.44 bits per heavy atom. The van der Waals surface area contributed by atoms with Crippen LogP contribution in [0, 0.1) is 5.92 Å². The predicted octanol–water partition coefficient (Wildman–Crippen LogP) is 3.53. The molecule has 2 bridgehead atoms. The van der Waals surface area contributed by atoms with Crippen molar-refractivity contribution in [1.82, 2.24) is 0 Å². The van der Waals surface area contributed by atoms with Crippen LogP contribution in [0.1, 0.15) is 45.6 Å². The van der Waals surface area contributed by atoms with E-state index < -0.39 is 0 Å². The van der Waals surface area contributed by atoms with Gasteiger partial charge >= 0.3 is 0 Å². The number of rotatable bonds is 4. The Morgan fingerprint density at radius 2 is 2.28 bits per heavy atom. The lowest BCUT2D eigenvalue weighted by molar-refractivity contribution is -0.0960. The summed E-state index contributed by atoms with van der Waals surface area (Å²) in [5.74, 6) is 0.557. The van der Waals surface area contributed by atoms with Gasteiger partial charge in [-0.2, -0.15) is 0 Å². The number of fused-ring (bicyclic) bond motifs is 2. The highest BCUT2D eigenvalue weighted by atomic mass is 16.6. The monoisotopic (exact) mass is 250 g/mol. The molecule has 3 nitrogen and oxygen atoms in total. The van der Waals surface area contributed by atoms with E-state index in [9.17, 15) is 0 Å². The van der Waals surface area contributed by atoms with E-state index >= 15 is 0 Å². The summed E-state index contributed by atoms with van der Waals surface area (Å²) < 4.78 is 17.5. The standard InChI is InChI=1S/C15H22O3/c1-11(2)15-6-5-14(3,18-15)13(8-15)17-10-12-4-7-16-9-12/h4,7,9,11,13H,5-6,8,10H2,1-3H3/t13-,14?,15?/m1/s1. The van der Waals surface area contributed by atoms with Gasteiger partial charge in [0.2, 0.25) is 0 Å². The molecule has 100 valence electrons. The minimum Gasteiger partial charge on any atom is -0.472 e. The Bertz CT molecular complexity index is 411. The maximum atomic E-state index is 6.34. The third kappa shape index (κ3) is 1.81. The minimum absolute atomic E-state index is 0.0514. The Kier molecular flexibility index (Phi) is 2.79. The van der Waals surface area contributed by atoms with Crippen LogP contribution in [0.4, 0.5) is 0 Å². The summed E-state index contributed by atoms with van der Waals surface area (Å²) in [6, 6.07) is 1.95. The van der Waals surface area contributed by atoms with E-state index in [-0.39, 0.29) is 17.3 Å². The molecule has 2 aliphatic rings. The highest BCUT2D eigenvalue weighted by Crippen LogP contribution is 2.55. The Balaban J connectivity index is 1.68. The molecule has 3 atom stereocenters. The van der Waals surface area contributed by atoms with Gasteiger partial charge < -0.3 is 13.9 Å². The van der Waals surface area contributed by atoms with Crippen molar-refractivity contribution in [2.75, 3.05) is 0 Å². The van der Waals surface area contributed by atoms with Crippen LogP contribution in [-0.4, -0.2) is 17.3 Å². The quantitative estimate of drug-likeness (QED) is 0.819. The summed E-state index contributed by atoms with van der Waals surface area (Å²) in [7, 11) is 0. The molecular formula is C15H22O3. The highest BCUT2D eigenvalue weighted by molar-refractivity contribution is 5.11. The second-order valence-electron chi connectivity index (χ2n) is 6.27. The molecule has 3 heteroatoms. The third-order valence-corrected chi connectivity index (χ3v) is 4.78. The number of furan rings is 1.